The van der Waals surface area contributed by atoms with E-state index in [1.165, 1.54) is 12.1 Å². The van der Waals surface area contributed by atoms with Crippen LogP contribution in [0.5, 0.6) is 0 Å². The van der Waals surface area contributed by atoms with Gasteiger partial charge in [0.2, 0.25) is 0 Å². The number of aromatic amines is 1. The second-order valence-corrected chi connectivity index (χ2v) is 6.62. The predicted octanol–water partition coefficient (Wildman–Crippen LogP) is 2.92. The quantitative estimate of drug-likeness (QED) is 0.891. The van der Waals surface area contributed by atoms with Crippen molar-refractivity contribution in [2.24, 2.45) is 0 Å². The minimum absolute atomic E-state index is 0.0870. The molecule has 7 heteroatoms. The molecule has 114 valence electrons. The van der Waals surface area contributed by atoms with Gasteiger partial charge in [-0.3, -0.25) is 9.82 Å². The fourth-order valence-electron chi connectivity index (χ4n) is 2.32. The lowest BCUT2D eigenvalue weighted by Crippen LogP contribution is -2.16. The summed E-state index contributed by atoms with van der Waals surface area (Å²) in [5.74, 6) is -0.212. The number of hydrogen-bond acceptors (Lipinski definition) is 3. The minimum Gasteiger partial charge on any atom is -0.280 e. The number of nitrogens with one attached hydrogen (secondary N) is 2. The van der Waals surface area contributed by atoms with E-state index < -0.39 is 15.8 Å². The first-order chi connectivity index (χ1) is 9.83. The van der Waals surface area contributed by atoms with Gasteiger partial charge < -0.3 is 0 Å². The third-order valence-corrected chi connectivity index (χ3v) is 4.74. The van der Waals surface area contributed by atoms with Gasteiger partial charge in [0.1, 0.15) is 5.82 Å². The van der Waals surface area contributed by atoms with Crippen LogP contribution in [0, 0.1) is 19.7 Å². The van der Waals surface area contributed by atoms with Crippen molar-refractivity contribution < 1.29 is 12.8 Å². The summed E-state index contributed by atoms with van der Waals surface area (Å²) in [5.41, 5.74) is 1.59. The van der Waals surface area contributed by atoms with Crippen molar-refractivity contribution in [1.29, 1.82) is 0 Å². The standard InChI is InChI=1S/C14H18FN3O2S/c1-4-5-12-8-13(17-16-12)18-21(19,20)14-9(2)6-11(15)7-10(14)3/h6-8H,4-5H2,1-3H3,(H2,16,17,18). The smallest absolute Gasteiger partial charge is 0.263 e. The normalized spacial score (nSPS) is 11.6. The zero-order valence-corrected chi connectivity index (χ0v) is 13.0. The summed E-state index contributed by atoms with van der Waals surface area (Å²) < 4.78 is 40.6. The van der Waals surface area contributed by atoms with E-state index in [1.807, 2.05) is 6.92 Å². The number of aromatic nitrogens is 2. The number of halogens is 1. The SMILES string of the molecule is CCCc1cc(NS(=O)(=O)c2c(C)cc(F)cc2C)n[nH]1. The van der Waals surface area contributed by atoms with E-state index in [9.17, 15) is 12.8 Å². The Bertz CT molecular complexity index is 730. The molecule has 1 heterocycles. The average Bonchev–Trinajstić information content (AvgIpc) is 2.74. The van der Waals surface area contributed by atoms with E-state index in [0.717, 1.165) is 18.5 Å². The van der Waals surface area contributed by atoms with Crippen LogP contribution < -0.4 is 4.72 Å². The Morgan fingerprint density at radius 2 is 1.86 bits per heavy atom. The molecule has 5 nitrogen and oxygen atoms in total. The third-order valence-electron chi connectivity index (χ3n) is 3.08. The molecular weight excluding hydrogens is 293 g/mol. The molecule has 0 fully saturated rings. The lowest BCUT2D eigenvalue weighted by Gasteiger charge is -2.11. The number of aryl methyl sites for hydroxylation is 3. The van der Waals surface area contributed by atoms with E-state index in [0.29, 0.717) is 11.1 Å². The van der Waals surface area contributed by atoms with Crippen LogP contribution >= 0.6 is 0 Å². The van der Waals surface area contributed by atoms with E-state index in [1.54, 1.807) is 19.9 Å². The Morgan fingerprint density at radius 3 is 2.43 bits per heavy atom. The molecule has 21 heavy (non-hydrogen) atoms. The number of H-pyrrole nitrogens is 1. The molecule has 2 aromatic rings. The molecule has 0 bridgehead atoms. The highest BCUT2D eigenvalue weighted by molar-refractivity contribution is 7.92. The second kappa shape index (κ2) is 5.85. The minimum atomic E-state index is -3.79. The van der Waals surface area contributed by atoms with Crippen molar-refractivity contribution in [3.05, 3.63) is 40.8 Å². The number of sulfonamides is 1. The summed E-state index contributed by atoms with van der Waals surface area (Å²) in [7, 11) is -3.79. The Hall–Kier alpha value is -1.89. The predicted molar refractivity (Wildman–Crippen MR) is 79.3 cm³/mol. The first-order valence-electron chi connectivity index (χ1n) is 6.67. The van der Waals surface area contributed by atoms with Gasteiger partial charge in [0.25, 0.3) is 10.0 Å². The van der Waals surface area contributed by atoms with Crippen molar-refractivity contribution in [2.75, 3.05) is 4.72 Å². The molecule has 0 amide bonds. The summed E-state index contributed by atoms with van der Waals surface area (Å²) in [6.45, 7) is 5.16. The highest BCUT2D eigenvalue weighted by Crippen LogP contribution is 2.23. The Labute approximate surface area is 123 Å². The first kappa shape index (κ1) is 15.5. The Morgan fingerprint density at radius 1 is 1.24 bits per heavy atom. The van der Waals surface area contributed by atoms with Gasteiger partial charge in [0.05, 0.1) is 4.90 Å². The highest BCUT2D eigenvalue weighted by atomic mass is 32.2. The van der Waals surface area contributed by atoms with Crippen molar-refractivity contribution in [1.82, 2.24) is 10.2 Å². The second-order valence-electron chi connectivity index (χ2n) is 5.00. The van der Waals surface area contributed by atoms with Gasteiger partial charge >= 0.3 is 0 Å². The lowest BCUT2D eigenvalue weighted by molar-refractivity contribution is 0.597. The lowest BCUT2D eigenvalue weighted by atomic mass is 10.1. The van der Waals surface area contributed by atoms with E-state index >= 15 is 0 Å². The van der Waals surface area contributed by atoms with Crippen molar-refractivity contribution >= 4 is 15.8 Å². The molecule has 0 saturated heterocycles. The van der Waals surface area contributed by atoms with Crippen LogP contribution in [0.3, 0.4) is 0 Å². The monoisotopic (exact) mass is 311 g/mol. The zero-order chi connectivity index (χ0) is 15.6. The molecule has 2 N–H and O–H groups in total. The van der Waals surface area contributed by atoms with E-state index in [-0.39, 0.29) is 10.7 Å². The average molecular weight is 311 g/mol. The molecule has 0 aliphatic heterocycles. The zero-order valence-electron chi connectivity index (χ0n) is 12.2. The molecular formula is C14H18FN3O2S. The van der Waals surface area contributed by atoms with Crippen molar-refractivity contribution in [2.45, 2.75) is 38.5 Å². The van der Waals surface area contributed by atoms with Crippen LogP contribution in [0.2, 0.25) is 0 Å². The maximum absolute atomic E-state index is 13.3. The van der Waals surface area contributed by atoms with Gasteiger partial charge in [-0.15, -0.1) is 0 Å². The molecule has 0 aliphatic carbocycles. The van der Waals surface area contributed by atoms with Gasteiger partial charge in [0, 0.05) is 11.8 Å². The summed E-state index contributed by atoms with van der Waals surface area (Å²) in [6.07, 6.45) is 1.73. The van der Waals surface area contributed by atoms with E-state index in [2.05, 4.69) is 14.9 Å². The van der Waals surface area contributed by atoms with Crippen molar-refractivity contribution in [3.8, 4) is 0 Å². The maximum Gasteiger partial charge on any atom is 0.263 e. The summed E-state index contributed by atoms with van der Waals surface area (Å²) in [5, 5.41) is 6.72. The number of anilines is 1. The molecule has 0 saturated carbocycles. The molecule has 0 spiro atoms. The van der Waals surface area contributed by atoms with Gasteiger partial charge in [-0.2, -0.15) is 5.10 Å². The highest BCUT2D eigenvalue weighted by Gasteiger charge is 2.21. The molecule has 1 aromatic heterocycles. The van der Waals surface area contributed by atoms with Crippen LogP contribution in [0.25, 0.3) is 0 Å². The Balaban J connectivity index is 2.34. The van der Waals surface area contributed by atoms with E-state index in [4.69, 9.17) is 0 Å². The molecule has 0 unspecified atom stereocenters. The fraction of sp³-hybridized carbons (Fsp3) is 0.357. The van der Waals surface area contributed by atoms with Crippen LogP contribution in [-0.4, -0.2) is 18.6 Å². The number of nitrogens with zero attached hydrogens (tertiary/aromatic N) is 1. The summed E-state index contributed by atoms with van der Waals surface area (Å²) in [4.78, 5) is 0.0870. The van der Waals surface area contributed by atoms with Crippen LogP contribution in [0.4, 0.5) is 10.2 Å². The van der Waals surface area contributed by atoms with Crippen molar-refractivity contribution in [3.63, 3.8) is 0 Å². The third kappa shape index (κ3) is 3.41. The number of hydrogen-bond donors (Lipinski definition) is 2. The summed E-state index contributed by atoms with van der Waals surface area (Å²) in [6, 6.07) is 4.07. The van der Waals surface area contributed by atoms with Crippen LogP contribution in [-0.2, 0) is 16.4 Å². The molecule has 0 atom stereocenters. The topological polar surface area (TPSA) is 74.8 Å². The number of rotatable bonds is 5. The first-order valence-corrected chi connectivity index (χ1v) is 8.15. The molecule has 0 radical (unpaired) electrons. The maximum atomic E-state index is 13.3. The number of benzene rings is 1. The van der Waals surface area contributed by atoms with Gasteiger partial charge in [-0.1, -0.05) is 13.3 Å². The van der Waals surface area contributed by atoms with Crippen LogP contribution in [0.15, 0.2) is 23.1 Å². The van der Waals surface area contributed by atoms with Gasteiger partial charge in [-0.25, -0.2) is 12.8 Å². The molecule has 0 aliphatic rings. The molecule has 1 aromatic carbocycles. The molecule has 2 rings (SSSR count). The van der Waals surface area contributed by atoms with Crippen LogP contribution in [0.1, 0.15) is 30.2 Å². The summed E-state index contributed by atoms with van der Waals surface area (Å²) >= 11 is 0. The fourth-order valence-corrected chi connectivity index (χ4v) is 3.77. The Kier molecular flexibility index (Phi) is 4.32. The largest absolute Gasteiger partial charge is 0.280 e. The van der Waals surface area contributed by atoms with Gasteiger partial charge in [0.15, 0.2) is 5.82 Å². The van der Waals surface area contributed by atoms with Gasteiger partial charge in [-0.05, 0) is 43.5 Å².